The molecule has 0 aliphatic carbocycles. The van der Waals surface area contributed by atoms with Crippen LogP contribution in [0.1, 0.15) is 69.7 Å². The molecule has 0 spiro atoms. The summed E-state index contributed by atoms with van der Waals surface area (Å²) in [5.74, 6) is 3.35. The van der Waals surface area contributed by atoms with Gasteiger partial charge >= 0.3 is 12.0 Å². The highest BCUT2D eigenvalue weighted by Crippen LogP contribution is 2.34. The minimum atomic E-state index is -1.01. The van der Waals surface area contributed by atoms with Gasteiger partial charge in [0.2, 0.25) is 0 Å². The molecule has 2 aliphatic rings. The maximum Gasteiger partial charge on any atom is 0.331 e. The largest absolute Gasteiger partial charge is 0.493 e. The van der Waals surface area contributed by atoms with Crippen LogP contribution in [0.3, 0.4) is 0 Å². The van der Waals surface area contributed by atoms with Crippen LogP contribution in [0.4, 0.5) is 27.9 Å². The van der Waals surface area contributed by atoms with E-state index in [-0.39, 0.29) is 6.54 Å². The molecule has 0 bridgehead atoms. The highest BCUT2D eigenvalue weighted by molar-refractivity contribution is 5.93. The number of carbonyl (C=O) groups is 2. The summed E-state index contributed by atoms with van der Waals surface area (Å²) in [7, 11) is 3.05. The Balaban J connectivity index is 1.25. The van der Waals surface area contributed by atoms with E-state index < -0.39 is 23.6 Å². The van der Waals surface area contributed by atoms with Crippen molar-refractivity contribution < 1.29 is 23.8 Å². The van der Waals surface area contributed by atoms with Crippen LogP contribution in [0.5, 0.6) is 11.5 Å². The van der Waals surface area contributed by atoms with Gasteiger partial charge in [-0.3, -0.25) is 0 Å². The molecule has 4 heterocycles. The van der Waals surface area contributed by atoms with Gasteiger partial charge in [-0.05, 0) is 76.6 Å². The molecule has 0 radical (unpaired) electrons. The maximum absolute atomic E-state index is 13.3. The zero-order chi connectivity index (χ0) is 34.3. The van der Waals surface area contributed by atoms with Gasteiger partial charge in [0.15, 0.2) is 11.5 Å². The fourth-order valence-electron chi connectivity index (χ4n) is 6.12. The molecule has 5 rings (SSSR count). The smallest absolute Gasteiger partial charge is 0.331 e. The monoisotopic (exact) mass is 660 g/mol. The number of nitrogens with zero attached hydrogens (tertiary/aromatic N) is 4. The fraction of sp³-hybridized carbons (Fsp3) is 0.514. The second kappa shape index (κ2) is 15.4. The van der Waals surface area contributed by atoms with Crippen molar-refractivity contribution in [3.05, 3.63) is 53.5 Å². The van der Waals surface area contributed by atoms with E-state index in [1.54, 1.807) is 45.3 Å². The molecular formula is C35H48N8O5. The summed E-state index contributed by atoms with van der Waals surface area (Å²) in [5, 5.41) is 12.3. The molecule has 2 aliphatic heterocycles. The molecule has 1 atom stereocenters. The van der Waals surface area contributed by atoms with E-state index in [0.717, 1.165) is 68.2 Å². The highest BCUT2D eigenvalue weighted by Gasteiger charge is 2.29. The number of ether oxygens (including phenoxy) is 3. The zero-order valence-corrected chi connectivity index (χ0v) is 28.8. The summed E-state index contributed by atoms with van der Waals surface area (Å²) in [6.07, 6.45) is 6.40. The number of benzene rings is 1. The third kappa shape index (κ3) is 8.55. The molecule has 2 amide bonds. The first kappa shape index (κ1) is 34.5. The highest BCUT2D eigenvalue weighted by atomic mass is 16.6. The van der Waals surface area contributed by atoms with Crippen LogP contribution in [0, 0.1) is 0 Å². The Labute approximate surface area is 282 Å². The summed E-state index contributed by atoms with van der Waals surface area (Å²) >= 11 is 0. The van der Waals surface area contributed by atoms with Gasteiger partial charge in [-0.2, -0.15) is 0 Å². The van der Waals surface area contributed by atoms with E-state index in [9.17, 15) is 9.59 Å². The number of hydrogen-bond donors (Lipinski definition) is 4. The predicted octanol–water partition coefficient (Wildman–Crippen LogP) is 5.14. The zero-order valence-electron chi connectivity index (χ0n) is 28.8. The van der Waals surface area contributed by atoms with Crippen LogP contribution in [-0.2, 0) is 22.4 Å². The molecule has 2 aromatic heterocycles. The number of urea groups is 1. The summed E-state index contributed by atoms with van der Waals surface area (Å²) in [4.78, 5) is 42.8. The Hall–Kier alpha value is -4.81. The normalized spacial score (nSPS) is 15.4. The number of hydrogen-bond acceptors (Lipinski definition) is 11. The summed E-state index contributed by atoms with van der Waals surface area (Å²) in [6, 6.07) is 7.84. The number of amides is 2. The van der Waals surface area contributed by atoms with Crippen molar-refractivity contribution in [2.24, 2.45) is 0 Å². The number of carbonyl (C=O) groups excluding carboxylic acids is 2. The molecule has 258 valence electrons. The van der Waals surface area contributed by atoms with Gasteiger partial charge in [-0.25, -0.2) is 24.5 Å². The third-order valence-electron chi connectivity index (χ3n) is 8.52. The van der Waals surface area contributed by atoms with Gasteiger partial charge in [-0.1, -0.05) is 13.0 Å². The topological polar surface area (TPSA) is 152 Å². The molecule has 1 aromatic carbocycles. The van der Waals surface area contributed by atoms with Crippen molar-refractivity contribution in [1.29, 1.82) is 0 Å². The van der Waals surface area contributed by atoms with Gasteiger partial charge in [0.1, 0.15) is 35.4 Å². The molecule has 1 unspecified atom stereocenters. The Kier molecular flexibility index (Phi) is 11.1. The van der Waals surface area contributed by atoms with Crippen molar-refractivity contribution in [2.75, 3.05) is 61.2 Å². The number of pyridine rings is 1. The fourth-order valence-corrected chi connectivity index (χ4v) is 6.12. The van der Waals surface area contributed by atoms with Crippen molar-refractivity contribution in [1.82, 2.24) is 20.3 Å². The van der Waals surface area contributed by atoms with Crippen molar-refractivity contribution in [3.8, 4) is 11.5 Å². The molecule has 3 aromatic rings. The lowest BCUT2D eigenvalue weighted by Gasteiger charge is -2.34. The number of rotatable bonds is 11. The van der Waals surface area contributed by atoms with E-state index in [1.165, 1.54) is 19.8 Å². The number of methoxy groups -OCH3 is 2. The SMILES string of the molecule is CCc1c(NCC(NC(=O)Nc2ccc(OC)c(OC)c2)C(=O)OC(C)(C)C)ncnc1N1CCC(c2ccc3c(n2)NCCC3)CC1. The quantitative estimate of drug-likeness (QED) is 0.203. The first-order chi connectivity index (χ1) is 23.1. The van der Waals surface area contributed by atoms with Gasteiger partial charge in [-0.15, -0.1) is 0 Å². The molecule has 1 fully saturated rings. The first-order valence-corrected chi connectivity index (χ1v) is 16.7. The molecular weight excluding hydrogens is 612 g/mol. The minimum Gasteiger partial charge on any atom is -0.493 e. The molecule has 13 nitrogen and oxygen atoms in total. The molecule has 4 N–H and O–H groups in total. The summed E-state index contributed by atoms with van der Waals surface area (Å²) < 4.78 is 16.3. The van der Waals surface area contributed by atoms with E-state index in [2.05, 4.69) is 55.2 Å². The maximum atomic E-state index is 13.3. The van der Waals surface area contributed by atoms with Crippen LogP contribution in [0.2, 0.25) is 0 Å². The Morgan fingerprint density at radius 1 is 1.06 bits per heavy atom. The Morgan fingerprint density at radius 2 is 1.83 bits per heavy atom. The van der Waals surface area contributed by atoms with E-state index in [4.69, 9.17) is 19.2 Å². The Morgan fingerprint density at radius 3 is 2.54 bits per heavy atom. The van der Waals surface area contributed by atoms with Gasteiger partial charge < -0.3 is 40.4 Å². The number of esters is 1. The van der Waals surface area contributed by atoms with Crippen molar-refractivity contribution >= 4 is 35.1 Å². The number of nitrogens with one attached hydrogen (secondary N) is 4. The molecule has 1 saturated heterocycles. The van der Waals surface area contributed by atoms with Crippen LogP contribution in [0.15, 0.2) is 36.7 Å². The van der Waals surface area contributed by atoms with E-state index >= 15 is 0 Å². The lowest BCUT2D eigenvalue weighted by atomic mass is 9.92. The Bertz CT molecular complexity index is 1590. The average molecular weight is 661 g/mol. The van der Waals surface area contributed by atoms with E-state index in [0.29, 0.717) is 35.3 Å². The van der Waals surface area contributed by atoms with Gasteiger partial charge in [0.05, 0.1) is 14.2 Å². The third-order valence-corrected chi connectivity index (χ3v) is 8.52. The number of anilines is 4. The van der Waals surface area contributed by atoms with E-state index in [1.807, 2.05) is 0 Å². The number of aromatic nitrogens is 3. The standard InChI is InChI=1S/C35H48N8O5/c1-7-25-31(38-21-39-32(25)43-17-14-22(15-18-43)26-12-10-23-9-8-16-36-30(23)41-26)37-20-27(33(44)48-35(2,3)4)42-34(45)40-24-11-13-28(46-5)29(19-24)47-6/h10-13,19,21-22,27H,7-9,14-18,20H2,1-6H3,(H,36,41)(H,37,38,39)(H2,40,42,45). The van der Waals surface area contributed by atoms with Crippen LogP contribution in [0.25, 0.3) is 0 Å². The van der Waals surface area contributed by atoms with Crippen LogP contribution in [-0.4, -0.2) is 79.0 Å². The number of fused-ring (bicyclic) bond motifs is 1. The number of aryl methyl sites for hydroxylation is 1. The molecule has 0 saturated carbocycles. The summed E-state index contributed by atoms with van der Waals surface area (Å²) in [5.41, 5.74) is 3.13. The summed E-state index contributed by atoms with van der Waals surface area (Å²) in [6.45, 7) is 10.1. The second-order valence-corrected chi connectivity index (χ2v) is 13.0. The lowest BCUT2D eigenvalue weighted by Crippen LogP contribution is -2.49. The minimum absolute atomic E-state index is 0.0534. The van der Waals surface area contributed by atoms with Crippen LogP contribution < -0.4 is 35.6 Å². The molecule has 13 heteroatoms. The van der Waals surface area contributed by atoms with Gasteiger partial charge in [0.25, 0.3) is 0 Å². The first-order valence-electron chi connectivity index (χ1n) is 16.7. The average Bonchev–Trinajstić information content (AvgIpc) is 3.08. The van der Waals surface area contributed by atoms with Crippen molar-refractivity contribution in [3.63, 3.8) is 0 Å². The van der Waals surface area contributed by atoms with Gasteiger partial charge in [0, 0.05) is 55.1 Å². The second-order valence-electron chi connectivity index (χ2n) is 13.0. The number of piperidine rings is 1. The predicted molar refractivity (Wildman–Crippen MR) is 186 cm³/mol. The van der Waals surface area contributed by atoms with Crippen molar-refractivity contribution in [2.45, 2.75) is 77.4 Å². The van der Waals surface area contributed by atoms with Crippen LogP contribution >= 0.6 is 0 Å². The molecule has 48 heavy (non-hydrogen) atoms. The lowest BCUT2D eigenvalue weighted by molar-refractivity contribution is -0.156.